The van der Waals surface area contributed by atoms with Gasteiger partial charge in [0.15, 0.2) is 0 Å². The van der Waals surface area contributed by atoms with Gasteiger partial charge in [0.2, 0.25) is 0 Å². The van der Waals surface area contributed by atoms with E-state index in [-0.39, 0.29) is 6.03 Å². The maximum absolute atomic E-state index is 12.1. The summed E-state index contributed by atoms with van der Waals surface area (Å²) in [6.45, 7) is 5.76. The third-order valence-corrected chi connectivity index (χ3v) is 4.41. The molecule has 2 amide bonds. The smallest absolute Gasteiger partial charge is 0.323 e. The summed E-state index contributed by atoms with van der Waals surface area (Å²) in [7, 11) is 0. The number of hydrogen-bond donors (Lipinski definition) is 2. The molecule has 132 valence electrons. The third-order valence-electron chi connectivity index (χ3n) is 4.17. The summed E-state index contributed by atoms with van der Waals surface area (Å²) in [4.78, 5) is 14.4. The Morgan fingerprint density at radius 1 is 1.04 bits per heavy atom. The lowest BCUT2D eigenvalue weighted by Gasteiger charge is -2.40. The van der Waals surface area contributed by atoms with Crippen LogP contribution in [0.3, 0.4) is 0 Å². The molecule has 1 heterocycles. The van der Waals surface area contributed by atoms with E-state index >= 15 is 0 Å². The van der Waals surface area contributed by atoms with E-state index in [1.807, 2.05) is 24.3 Å². The number of ether oxygens (including phenoxy) is 1. The maximum atomic E-state index is 12.1. The summed E-state index contributed by atoms with van der Waals surface area (Å²) >= 11 is 5.92. The second-order valence-corrected chi connectivity index (χ2v) is 6.72. The zero-order chi connectivity index (χ0) is 17.8. The second-order valence-electron chi connectivity index (χ2n) is 6.28. The first-order chi connectivity index (χ1) is 12.0. The molecule has 0 bridgehead atoms. The van der Waals surface area contributed by atoms with E-state index in [1.165, 1.54) is 0 Å². The number of urea groups is 1. The van der Waals surface area contributed by atoms with Crippen LogP contribution in [0.4, 0.5) is 21.9 Å². The van der Waals surface area contributed by atoms with Crippen LogP contribution in [-0.2, 0) is 4.74 Å². The highest BCUT2D eigenvalue weighted by molar-refractivity contribution is 6.30. The van der Waals surface area contributed by atoms with Crippen LogP contribution >= 0.6 is 11.6 Å². The van der Waals surface area contributed by atoms with E-state index in [4.69, 9.17) is 16.3 Å². The van der Waals surface area contributed by atoms with E-state index in [1.54, 1.807) is 24.3 Å². The minimum Gasteiger partial charge on any atom is -0.377 e. The number of amides is 2. The molecule has 2 N–H and O–H groups in total. The SMILES string of the molecule is CC1COCC(C)N1c1ccc(NC(=O)Nc2cccc(Cl)c2)cc1. The van der Waals surface area contributed by atoms with Gasteiger partial charge in [-0.3, -0.25) is 0 Å². The van der Waals surface area contributed by atoms with Gasteiger partial charge in [0.1, 0.15) is 0 Å². The predicted octanol–water partition coefficient (Wildman–Crippen LogP) is 4.60. The van der Waals surface area contributed by atoms with Crippen molar-refractivity contribution in [2.24, 2.45) is 0 Å². The van der Waals surface area contributed by atoms with E-state index in [9.17, 15) is 4.79 Å². The Morgan fingerprint density at radius 2 is 1.68 bits per heavy atom. The number of carbonyl (C=O) groups excluding carboxylic acids is 1. The third kappa shape index (κ3) is 4.44. The van der Waals surface area contributed by atoms with Gasteiger partial charge in [-0.15, -0.1) is 0 Å². The number of anilines is 3. The Hall–Kier alpha value is -2.24. The molecule has 1 aliphatic heterocycles. The minimum atomic E-state index is -0.303. The Balaban J connectivity index is 1.63. The Kier molecular flexibility index (Phi) is 5.46. The van der Waals surface area contributed by atoms with E-state index < -0.39 is 0 Å². The van der Waals surface area contributed by atoms with Crippen molar-refractivity contribution in [3.8, 4) is 0 Å². The largest absolute Gasteiger partial charge is 0.377 e. The minimum absolute atomic E-state index is 0.303. The molecule has 5 nitrogen and oxygen atoms in total. The molecule has 0 radical (unpaired) electrons. The molecule has 1 aliphatic rings. The molecule has 0 spiro atoms. The lowest BCUT2D eigenvalue weighted by Crippen LogP contribution is -2.49. The van der Waals surface area contributed by atoms with Crippen LogP contribution in [0.5, 0.6) is 0 Å². The van der Waals surface area contributed by atoms with Crippen molar-refractivity contribution in [3.05, 3.63) is 53.6 Å². The number of morpholine rings is 1. The molecule has 1 fully saturated rings. The topological polar surface area (TPSA) is 53.6 Å². The van der Waals surface area contributed by atoms with Crippen molar-refractivity contribution in [2.45, 2.75) is 25.9 Å². The Bertz CT molecular complexity index is 726. The van der Waals surface area contributed by atoms with Gasteiger partial charge >= 0.3 is 6.03 Å². The first-order valence-corrected chi connectivity index (χ1v) is 8.70. The molecule has 3 rings (SSSR count). The molecule has 6 heteroatoms. The first kappa shape index (κ1) is 17.6. The van der Waals surface area contributed by atoms with Crippen LogP contribution in [0, 0.1) is 0 Å². The molecular weight excluding hydrogens is 338 g/mol. The number of nitrogens with one attached hydrogen (secondary N) is 2. The number of benzene rings is 2. The fourth-order valence-electron chi connectivity index (χ4n) is 3.09. The normalized spacial score (nSPS) is 20.2. The van der Waals surface area contributed by atoms with Crippen LogP contribution in [0.15, 0.2) is 48.5 Å². The van der Waals surface area contributed by atoms with Crippen molar-refractivity contribution in [1.82, 2.24) is 0 Å². The van der Waals surface area contributed by atoms with Gasteiger partial charge in [0, 0.05) is 34.2 Å². The van der Waals surface area contributed by atoms with Crippen molar-refractivity contribution < 1.29 is 9.53 Å². The first-order valence-electron chi connectivity index (χ1n) is 8.32. The highest BCUT2D eigenvalue weighted by Crippen LogP contribution is 2.25. The summed E-state index contributed by atoms with van der Waals surface area (Å²) in [6, 6.07) is 15.2. The predicted molar refractivity (Wildman–Crippen MR) is 103 cm³/mol. The van der Waals surface area contributed by atoms with E-state index in [0.717, 1.165) is 24.6 Å². The standard InChI is InChI=1S/C19H22ClN3O2/c1-13-11-25-12-14(2)23(13)18-8-6-16(7-9-18)21-19(24)22-17-5-3-4-15(20)10-17/h3-10,13-14H,11-12H2,1-2H3,(H2,21,22,24). The molecule has 2 unspecified atom stereocenters. The van der Waals surface area contributed by atoms with Crippen LogP contribution in [0.2, 0.25) is 5.02 Å². The second kappa shape index (κ2) is 7.76. The molecule has 25 heavy (non-hydrogen) atoms. The van der Waals surface area contributed by atoms with Gasteiger partial charge in [-0.05, 0) is 56.3 Å². The lowest BCUT2D eigenvalue weighted by molar-refractivity contribution is 0.0757. The molecule has 0 saturated carbocycles. The van der Waals surface area contributed by atoms with Crippen LogP contribution in [-0.4, -0.2) is 31.3 Å². The van der Waals surface area contributed by atoms with Crippen molar-refractivity contribution in [3.63, 3.8) is 0 Å². The molecular formula is C19H22ClN3O2. The van der Waals surface area contributed by atoms with Gasteiger partial charge in [-0.25, -0.2) is 4.79 Å². The van der Waals surface area contributed by atoms with Crippen LogP contribution < -0.4 is 15.5 Å². The zero-order valence-corrected chi connectivity index (χ0v) is 15.1. The summed E-state index contributed by atoms with van der Waals surface area (Å²) < 4.78 is 5.57. The van der Waals surface area contributed by atoms with Crippen LogP contribution in [0.1, 0.15) is 13.8 Å². The fraction of sp³-hybridized carbons (Fsp3) is 0.316. The fourth-order valence-corrected chi connectivity index (χ4v) is 3.28. The Labute approximate surface area is 152 Å². The highest BCUT2D eigenvalue weighted by Gasteiger charge is 2.25. The summed E-state index contributed by atoms with van der Waals surface area (Å²) in [5.74, 6) is 0. The summed E-state index contributed by atoms with van der Waals surface area (Å²) in [5.41, 5.74) is 2.51. The van der Waals surface area contributed by atoms with Crippen molar-refractivity contribution in [1.29, 1.82) is 0 Å². The molecule has 2 aromatic rings. The zero-order valence-electron chi connectivity index (χ0n) is 14.3. The van der Waals surface area contributed by atoms with Gasteiger partial charge in [0.25, 0.3) is 0 Å². The number of carbonyl (C=O) groups is 1. The van der Waals surface area contributed by atoms with Crippen molar-refractivity contribution >= 4 is 34.7 Å². The summed E-state index contributed by atoms with van der Waals surface area (Å²) in [5, 5.41) is 6.17. The monoisotopic (exact) mass is 359 g/mol. The number of hydrogen-bond acceptors (Lipinski definition) is 3. The number of halogens is 1. The van der Waals surface area contributed by atoms with Gasteiger partial charge in [-0.2, -0.15) is 0 Å². The molecule has 2 atom stereocenters. The number of nitrogens with zero attached hydrogens (tertiary/aromatic N) is 1. The van der Waals surface area contributed by atoms with E-state index in [0.29, 0.717) is 22.8 Å². The Morgan fingerprint density at radius 3 is 2.32 bits per heavy atom. The lowest BCUT2D eigenvalue weighted by atomic mass is 10.1. The molecule has 0 aliphatic carbocycles. The van der Waals surface area contributed by atoms with Crippen LogP contribution in [0.25, 0.3) is 0 Å². The summed E-state index contributed by atoms with van der Waals surface area (Å²) in [6.07, 6.45) is 0. The number of rotatable bonds is 3. The molecule has 2 aromatic carbocycles. The van der Waals surface area contributed by atoms with Gasteiger partial charge in [0.05, 0.1) is 13.2 Å². The van der Waals surface area contributed by atoms with E-state index in [2.05, 4.69) is 29.4 Å². The van der Waals surface area contributed by atoms with Gasteiger partial charge < -0.3 is 20.3 Å². The maximum Gasteiger partial charge on any atom is 0.323 e. The van der Waals surface area contributed by atoms with Crippen molar-refractivity contribution in [2.75, 3.05) is 28.7 Å². The quantitative estimate of drug-likeness (QED) is 0.842. The van der Waals surface area contributed by atoms with Gasteiger partial charge in [-0.1, -0.05) is 17.7 Å². The molecule has 0 aromatic heterocycles. The average molecular weight is 360 g/mol. The highest BCUT2D eigenvalue weighted by atomic mass is 35.5. The molecule has 1 saturated heterocycles. The average Bonchev–Trinajstić information content (AvgIpc) is 2.56.